The molecular formula is C18H26N2O6Pt. The summed E-state index contributed by atoms with van der Waals surface area (Å²) in [5.74, 6) is -4.36. The van der Waals surface area contributed by atoms with Crippen molar-refractivity contribution >= 4 is 17.9 Å². The Morgan fingerprint density at radius 2 is 1.33 bits per heavy atom. The SMILES string of the molecule is O=C(O)C(=O)O.O=C(O)CCCc1ccccc1.[NH-]C1CCCCC1[NH-].[Pt+2]. The molecule has 2 unspecified atom stereocenters. The van der Waals surface area contributed by atoms with Crippen LogP contribution in [-0.2, 0) is 41.9 Å². The Hall–Kier alpha value is -1.76. The van der Waals surface area contributed by atoms with Crippen LogP contribution in [-0.4, -0.2) is 45.3 Å². The van der Waals surface area contributed by atoms with E-state index in [4.69, 9.17) is 36.4 Å². The fourth-order valence-electron chi connectivity index (χ4n) is 2.22. The monoisotopic (exact) mass is 561 g/mol. The zero-order chi connectivity index (χ0) is 19.9. The number of carbonyl (C=O) groups is 3. The van der Waals surface area contributed by atoms with Crippen molar-refractivity contribution in [3.8, 4) is 0 Å². The van der Waals surface area contributed by atoms with E-state index in [9.17, 15) is 4.79 Å². The first kappa shape index (κ1) is 27.5. The van der Waals surface area contributed by atoms with E-state index in [2.05, 4.69) is 0 Å². The maximum Gasteiger partial charge on any atom is 2.00 e. The topological polar surface area (TPSA) is 160 Å². The average molecular weight is 561 g/mol. The summed E-state index contributed by atoms with van der Waals surface area (Å²) in [5.41, 5.74) is 15.8. The first-order valence-corrected chi connectivity index (χ1v) is 8.38. The van der Waals surface area contributed by atoms with Gasteiger partial charge in [-0.25, -0.2) is 9.59 Å². The molecule has 0 radical (unpaired) electrons. The molecule has 0 spiro atoms. The zero-order valence-electron chi connectivity index (χ0n) is 14.9. The third kappa shape index (κ3) is 16.2. The van der Waals surface area contributed by atoms with E-state index in [1.807, 2.05) is 30.3 Å². The van der Waals surface area contributed by atoms with E-state index in [1.165, 1.54) is 18.4 Å². The minimum absolute atomic E-state index is 0. The van der Waals surface area contributed by atoms with Crippen LogP contribution in [0.2, 0.25) is 0 Å². The maximum absolute atomic E-state index is 10.2. The van der Waals surface area contributed by atoms with Gasteiger partial charge in [-0.05, 0) is 18.4 Å². The summed E-state index contributed by atoms with van der Waals surface area (Å²) in [4.78, 5) is 28.4. The van der Waals surface area contributed by atoms with Gasteiger partial charge in [0.1, 0.15) is 0 Å². The fourth-order valence-corrected chi connectivity index (χ4v) is 2.22. The molecule has 0 amide bonds. The largest absolute Gasteiger partial charge is 2.00 e. The molecule has 2 atom stereocenters. The van der Waals surface area contributed by atoms with Crippen LogP contribution < -0.4 is 0 Å². The van der Waals surface area contributed by atoms with Crippen LogP contribution in [0.1, 0.15) is 44.1 Å². The number of nitrogens with one attached hydrogen (secondary N) is 2. The third-order valence-corrected chi connectivity index (χ3v) is 3.65. The summed E-state index contributed by atoms with van der Waals surface area (Å²) < 4.78 is 0. The number of carboxylic acid groups (broad SMARTS) is 3. The minimum Gasteiger partial charge on any atom is -0.676 e. The van der Waals surface area contributed by atoms with E-state index in [-0.39, 0.29) is 39.6 Å². The fraction of sp³-hybridized carbons (Fsp3) is 0.500. The van der Waals surface area contributed by atoms with Crippen LogP contribution in [0.5, 0.6) is 0 Å². The number of aliphatic carboxylic acids is 3. The summed E-state index contributed by atoms with van der Waals surface area (Å²) >= 11 is 0. The second kappa shape index (κ2) is 16.4. The summed E-state index contributed by atoms with van der Waals surface area (Å²) in [6.45, 7) is 0. The van der Waals surface area contributed by atoms with Crippen molar-refractivity contribution in [2.24, 2.45) is 0 Å². The molecule has 1 aliphatic rings. The molecule has 2 rings (SSSR count). The Balaban J connectivity index is 0. The number of hydrogen-bond acceptors (Lipinski definition) is 3. The van der Waals surface area contributed by atoms with Crippen LogP contribution in [0, 0.1) is 0 Å². The molecule has 0 saturated heterocycles. The van der Waals surface area contributed by atoms with Crippen molar-refractivity contribution in [3.05, 3.63) is 47.4 Å². The molecule has 1 fully saturated rings. The molecule has 1 aromatic carbocycles. The average Bonchev–Trinajstić information content (AvgIpc) is 2.59. The van der Waals surface area contributed by atoms with Crippen molar-refractivity contribution in [1.82, 2.24) is 0 Å². The second-order valence-corrected chi connectivity index (χ2v) is 5.84. The Morgan fingerprint density at radius 3 is 1.67 bits per heavy atom. The number of carboxylic acids is 3. The number of hydrogen-bond donors (Lipinski definition) is 3. The molecule has 0 heterocycles. The molecule has 27 heavy (non-hydrogen) atoms. The standard InChI is InChI=1S/C10H12O2.C6H12N2.C2H2O4.Pt/c11-10(12)8-4-7-9-5-2-1-3-6-9;7-5-3-1-2-4-6(5)8;3-1(4)2(5)6;/h1-3,5-6H,4,7-8H2,(H,11,12);5-8H,1-4H2;(H,3,4)(H,5,6);/q;-2;;+2. The summed E-state index contributed by atoms with van der Waals surface area (Å²) in [6, 6.07) is 9.77. The van der Waals surface area contributed by atoms with Crippen LogP contribution in [0.25, 0.3) is 11.5 Å². The van der Waals surface area contributed by atoms with Crippen LogP contribution in [0.3, 0.4) is 0 Å². The van der Waals surface area contributed by atoms with Gasteiger partial charge in [-0.3, -0.25) is 4.79 Å². The molecule has 1 aromatic rings. The molecule has 1 saturated carbocycles. The van der Waals surface area contributed by atoms with Gasteiger partial charge >= 0.3 is 39.0 Å². The Morgan fingerprint density at radius 1 is 0.889 bits per heavy atom. The Labute approximate surface area is 173 Å². The summed E-state index contributed by atoms with van der Waals surface area (Å²) in [6.07, 6.45) is 6.08. The molecule has 9 heteroatoms. The zero-order valence-corrected chi connectivity index (χ0v) is 17.1. The van der Waals surface area contributed by atoms with Gasteiger partial charge in [0.25, 0.3) is 0 Å². The quantitative estimate of drug-likeness (QED) is 0.476. The van der Waals surface area contributed by atoms with Gasteiger partial charge < -0.3 is 26.8 Å². The predicted molar refractivity (Wildman–Crippen MR) is 97.0 cm³/mol. The minimum atomic E-state index is -1.82. The molecule has 8 nitrogen and oxygen atoms in total. The van der Waals surface area contributed by atoms with E-state index < -0.39 is 17.9 Å². The van der Waals surface area contributed by atoms with Crippen LogP contribution in [0.4, 0.5) is 0 Å². The number of rotatable bonds is 4. The van der Waals surface area contributed by atoms with Crippen LogP contribution >= 0.6 is 0 Å². The summed E-state index contributed by atoms with van der Waals surface area (Å²) in [5, 5.41) is 23.2. The molecule has 1 aliphatic carbocycles. The Bertz CT molecular complexity index is 534. The molecule has 0 aliphatic heterocycles. The van der Waals surface area contributed by atoms with Crippen molar-refractivity contribution in [3.63, 3.8) is 0 Å². The van der Waals surface area contributed by atoms with Crippen molar-refractivity contribution in [1.29, 1.82) is 0 Å². The first-order chi connectivity index (χ1) is 12.2. The van der Waals surface area contributed by atoms with Crippen molar-refractivity contribution in [2.45, 2.75) is 57.0 Å². The van der Waals surface area contributed by atoms with E-state index in [0.29, 0.717) is 0 Å². The maximum atomic E-state index is 10.2. The number of aryl methyl sites for hydroxylation is 1. The first-order valence-electron chi connectivity index (χ1n) is 8.38. The molecule has 154 valence electrons. The van der Waals surface area contributed by atoms with Gasteiger partial charge in [-0.1, -0.05) is 56.0 Å². The van der Waals surface area contributed by atoms with E-state index in [1.54, 1.807) is 0 Å². The second-order valence-electron chi connectivity index (χ2n) is 5.84. The van der Waals surface area contributed by atoms with Crippen molar-refractivity contribution < 1.29 is 50.8 Å². The summed E-state index contributed by atoms with van der Waals surface area (Å²) in [7, 11) is 0. The molecule has 0 aromatic heterocycles. The van der Waals surface area contributed by atoms with Gasteiger partial charge in [-0.2, -0.15) is 12.1 Å². The third-order valence-electron chi connectivity index (χ3n) is 3.65. The molecular weight excluding hydrogens is 535 g/mol. The normalized spacial score (nSPS) is 17.7. The van der Waals surface area contributed by atoms with Gasteiger partial charge in [-0.15, -0.1) is 0 Å². The smallest absolute Gasteiger partial charge is 0.676 e. The van der Waals surface area contributed by atoms with Crippen LogP contribution in [0.15, 0.2) is 30.3 Å². The van der Waals surface area contributed by atoms with Gasteiger partial charge in [0.15, 0.2) is 0 Å². The Kier molecular flexibility index (Phi) is 16.7. The van der Waals surface area contributed by atoms with E-state index in [0.717, 1.165) is 25.7 Å². The molecule has 5 N–H and O–H groups in total. The van der Waals surface area contributed by atoms with Gasteiger partial charge in [0.2, 0.25) is 0 Å². The molecule has 0 bridgehead atoms. The van der Waals surface area contributed by atoms with Gasteiger partial charge in [0.05, 0.1) is 0 Å². The predicted octanol–water partition coefficient (Wildman–Crippen LogP) is 3.65. The van der Waals surface area contributed by atoms with E-state index >= 15 is 0 Å². The number of benzene rings is 1. The van der Waals surface area contributed by atoms with Crippen molar-refractivity contribution in [2.75, 3.05) is 0 Å². The van der Waals surface area contributed by atoms with Gasteiger partial charge in [0, 0.05) is 6.42 Å².